The Kier molecular flexibility index (Phi) is 8.11. The number of carbonyl (C=O) groups excluding carboxylic acids is 1. The zero-order chi connectivity index (χ0) is 28.9. The lowest BCUT2D eigenvalue weighted by molar-refractivity contribution is 0.0729. The first-order valence-electron chi connectivity index (χ1n) is 14.0. The number of hydrogen-bond acceptors (Lipinski definition) is 3. The fourth-order valence-corrected chi connectivity index (χ4v) is 12.7. The van der Waals surface area contributed by atoms with Crippen molar-refractivity contribution >= 4 is 43.4 Å². The Morgan fingerprint density at radius 3 is 1.39 bits per heavy atom. The van der Waals surface area contributed by atoms with Crippen molar-refractivity contribution in [1.29, 1.82) is 0 Å². The van der Waals surface area contributed by atoms with Gasteiger partial charge in [-0.1, -0.05) is 148 Å². The van der Waals surface area contributed by atoms with Crippen LogP contribution in [0.1, 0.15) is 31.1 Å². The van der Waals surface area contributed by atoms with Crippen LogP contribution in [0.3, 0.4) is 0 Å². The van der Waals surface area contributed by atoms with Crippen molar-refractivity contribution in [3.63, 3.8) is 0 Å². The molecular formula is C36H36O3Si2. The highest BCUT2D eigenvalue weighted by atomic mass is 28.4. The van der Waals surface area contributed by atoms with Crippen molar-refractivity contribution < 1.29 is 13.6 Å². The van der Waals surface area contributed by atoms with E-state index in [9.17, 15) is 4.79 Å². The molecule has 0 atom stereocenters. The van der Waals surface area contributed by atoms with E-state index in [2.05, 4.69) is 100 Å². The normalized spacial score (nSPS) is 12.0. The molecule has 0 aliphatic rings. The highest BCUT2D eigenvalue weighted by Gasteiger charge is 2.52. The molecule has 0 bridgehead atoms. The van der Waals surface area contributed by atoms with E-state index >= 15 is 0 Å². The standard InChI is InChI=1S/C36H36O3Si2/c1-36(2,3)41(33-24-13-7-14-25-33,34-26-15-8-16-27-34)38-30-19-17-18-29(28-30)35(37)39-40(4,31-20-9-5-10-21-31)32-22-11-6-12-23-32/h5-28H,1-4H3. The van der Waals surface area contributed by atoms with Gasteiger partial charge >= 0.3 is 22.6 Å². The van der Waals surface area contributed by atoms with Gasteiger partial charge in [0.05, 0.1) is 5.56 Å². The van der Waals surface area contributed by atoms with E-state index < -0.39 is 16.6 Å². The molecule has 3 nitrogen and oxygen atoms in total. The van der Waals surface area contributed by atoms with Gasteiger partial charge in [0.2, 0.25) is 0 Å². The Balaban J connectivity index is 1.55. The molecule has 5 rings (SSSR count). The lowest BCUT2D eigenvalue weighted by Gasteiger charge is -2.43. The molecular weight excluding hydrogens is 537 g/mol. The SMILES string of the molecule is CC(C)(C)[Si](Oc1cccc(C(=O)O[Si](C)(c2ccccc2)c2ccccc2)c1)(c1ccccc1)c1ccccc1. The second-order valence-corrected chi connectivity index (χ2v) is 19.1. The van der Waals surface area contributed by atoms with Crippen molar-refractivity contribution in [1.82, 2.24) is 0 Å². The van der Waals surface area contributed by atoms with Gasteiger partial charge in [0.15, 0.2) is 0 Å². The van der Waals surface area contributed by atoms with Crippen LogP contribution < -0.4 is 25.2 Å². The minimum absolute atomic E-state index is 0.196. The van der Waals surface area contributed by atoms with E-state index in [1.54, 1.807) is 0 Å². The molecule has 0 aromatic heterocycles. The van der Waals surface area contributed by atoms with Crippen LogP contribution in [0.2, 0.25) is 11.6 Å². The molecule has 0 saturated heterocycles. The van der Waals surface area contributed by atoms with Crippen molar-refractivity contribution in [2.75, 3.05) is 0 Å². The quantitative estimate of drug-likeness (QED) is 0.209. The Morgan fingerprint density at radius 1 is 0.561 bits per heavy atom. The van der Waals surface area contributed by atoms with Crippen LogP contribution in [0, 0.1) is 0 Å². The summed E-state index contributed by atoms with van der Waals surface area (Å²) in [5.74, 6) is 0.316. The fourth-order valence-electron chi connectivity index (χ4n) is 5.55. The average Bonchev–Trinajstić information content (AvgIpc) is 3.01. The van der Waals surface area contributed by atoms with Crippen LogP contribution >= 0.6 is 0 Å². The van der Waals surface area contributed by atoms with Crippen LogP contribution in [0.25, 0.3) is 0 Å². The molecule has 0 spiro atoms. The van der Waals surface area contributed by atoms with Gasteiger partial charge in [-0.3, -0.25) is 0 Å². The average molecular weight is 573 g/mol. The van der Waals surface area contributed by atoms with Gasteiger partial charge < -0.3 is 8.85 Å². The zero-order valence-corrected chi connectivity index (χ0v) is 26.1. The highest BCUT2D eigenvalue weighted by molar-refractivity contribution is 7.00. The van der Waals surface area contributed by atoms with E-state index in [0.29, 0.717) is 11.3 Å². The summed E-state index contributed by atoms with van der Waals surface area (Å²) in [6.45, 7) is 8.81. The number of hydrogen-bond donors (Lipinski definition) is 0. The van der Waals surface area contributed by atoms with Crippen molar-refractivity contribution in [2.45, 2.75) is 32.4 Å². The number of benzene rings is 5. The molecule has 5 aromatic carbocycles. The zero-order valence-electron chi connectivity index (χ0n) is 24.1. The third kappa shape index (κ3) is 5.69. The van der Waals surface area contributed by atoms with Crippen molar-refractivity contribution in [3.8, 4) is 5.75 Å². The van der Waals surface area contributed by atoms with Gasteiger partial charge in [0.1, 0.15) is 5.75 Å². The summed E-state index contributed by atoms with van der Waals surface area (Å²) >= 11 is 0. The van der Waals surface area contributed by atoms with Crippen LogP contribution in [0.4, 0.5) is 0 Å². The van der Waals surface area contributed by atoms with E-state index in [0.717, 1.165) is 10.4 Å². The Hall–Kier alpha value is -4.20. The molecule has 0 fully saturated rings. The lowest BCUT2D eigenvalue weighted by atomic mass is 10.2. The minimum atomic E-state index is -2.84. The minimum Gasteiger partial charge on any atom is -0.534 e. The summed E-state index contributed by atoms with van der Waals surface area (Å²) < 4.78 is 13.6. The lowest BCUT2D eigenvalue weighted by Crippen LogP contribution is -2.68. The Labute approximate surface area is 245 Å². The van der Waals surface area contributed by atoms with E-state index in [1.807, 2.05) is 72.8 Å². The number of rotatable bonds is 8. The first-order valence-corrected chi connectivity index (χ1v) is 18.3. The van der Waals surface area contributed by atoms with E-state index in [-0.39, 0.29) is 11.0 Å². The largest absolute Gasteiger partial charge is 0.534 e. The second-order valence-electron chi connectivity index (χ2n) is 11.4. The molecule has 0 heterocycles. The molecule has 0 unspecified atom stereocenters. The maximum atomic E-state index is 13.8. The molecule has 0 aliphatic heterocycles. The third-order valence-electron chi connectivity index (χ3n) is 7.70. The van der Waals surface area contributed by atoms with Gasteiger partial charge in [-0.2, -0.15) is 0 Å². The van der Waals surface area contributed by atoms with Crippen molar-refractivity contribution in [2.24, 2.45) is 0 Å². The van der Waals surface area contributed by atoms with Crippen LogP contribution in [0.5, 0.6) is 5.75 Å². The maximum Gasteiger partial charge on any atom is 0.325 e. The Morgan fingerprint density at radius 2 is 0.976 bits per heavy atom. The van der Waals surface area contributed by atoms with Gasteiger partial charge in [-0.25, -0.2) is 4.79 Å². The molecule has 5 aromatic rings. The highest BCUT2D eigenvalue weighted by Crippen LogP contribution is 2.37. The first-order chi connectivity index (χ1) is 19.7. The Bertz CT molecular complexity index is 1500. The summed E-state index contributed by atoms with van der Waals surface area (Å²) in [5.41, 5.74) is 0.478. The maximum absolute atomic E-state index is 13.8. The third-order valence-corrected chi connectivity index (χ3v) is 16.1. The summed E-state index contributed by atoms with van der Waals surface area (Å²) in [7, 11) is -5.67. The molecule has 5 heteroatoms. The van der Waals surface area contributed by atoms with Gasteiger partial charge in [-0.15, -0.1) is 0 Å². The molecule has 41 heavy (non-hydrogen) atoms. The smallest absolute Gasteiger partial charge is 0.325 e. The molecule has 0 radical (unpaired) electrons. The van der Waals surface area contributed by atoms with Crippen LogP contribution in [-0.2, 0) is 4.43 Å². The fraction of sp³-hybridized carbons (Fsp3) is 0.139. The second kappa shape index (κ2) is 11.7. The van der Waals surface area contributed by atoms with Gasteiger partial charge in [0.25, 0.3) is 0 Å². The van der Waals surface area contributed by atoms with Gasteiger partial charge in [0, 0.05) is 0 Å². The summed E-state index contributed by atoms with van der Waals surface area (Å²) in [5, 5.41) is 4.25. The molecule has 0 aliphatic carbocycles. The van der Waals surface area contributed by atoms with Crippen LogP contribution in [0.15, 0.2) is 146 Å². The number of carbonyl (C=O) groups is 1. The van der Waals surface area contributed by atoms with E-state index in [1.165, 1.54) is 10.4 Å². The summed E-state index contributed by atoms with van der Waals surface area (Å²) in [6.07, 6.45) is 0. The van der Waals surface area contributed by atoms with Gasteiger partial charge in [-0.05, 0) is 50.5 Å². The predicted octanol–water partition coefficient (Wildman–Crippen LogP) is 6.17. The molecule has 206 valence electrons. The molecule has 0 amide bonds. The van der Waals surface area contributed by atoms with E-state index in [4.69, 9.17) is 8.85 Å². The monoisotopic (exact) mass is 572 g/mol. The molecule has 0 N–H and O–H groups in total. The summed E-state index contributed by atoms with van der Waals surface area (Å²) in [4.78, 5) is 13.8. The first kappa shape index (κ1) is 28.3. The van der Waals surface area contributed by atoms with Crippen LogP contribution in [-0.4, -0.2) is 22.6 Å². The predicted molar refractivity (Wildman–Crippen MR) is 174 cm³/mol. The topological polar surface area (TPSA) is 35.5 Å². The van der Waals surface area contributed by atoms with Crippen molar-refractivity contribution in [3.05, 3.63) is 151 Å². The molecule has 0 saturated carbocycles. The summed E-state index contributed by atoms with van der Waals surface area (Å²) in [6, 6.07) is 48.6.